The molecule has 150 heavy (non-hydrogen) atoms. The van der Waals surface area contributed by atoms with Crippen molar-refractivity contribution in [3.8, 4) is 58.2 Å². The summed E-state index contributed by atoms with van der Waals surface area (Å²) >= 11 is 4.93. The number of esters is 3. The first-order chi connectivity index (χ1) is 69.3. The van der Waals surface area contributed by atoms with Gasteiger partial charge in [0.2, 0.25) is 52.1 Å². The van der Waals surface area contributed by atoms with E-state index >= 15 is 0 Å². The molecule has 14 rings (SSSR count). The maximum absolute atomic E-state index is 12.9. The Bertz CT molecular complexity index is 6160. The Labute approximate surface area is 912 Å². The normalized spacial score (nSPS) is 12.9. The van der Waals surface area contributed by atoms with Crippen LogP contribution in [-0.4, -0.2) is 187 Å². The number of ketones is 2. The van der Waals surface area contributed by atoms with Crippen molar-refractivity contribution < 1.29 is 216 Å². The number of nitriles is 2. The molecule has 0 fully saturated rings. The standard InChI is InChI=1S/C20H22FN3O4.C19H20FN3O4.C11H10FN3O3.C10H8FN3O3.C8H15N.C6H6FN3O.C6H3FN2.C6H5N3.C5H7ClO3.CO2.Li.HNO2.H3NO.2Na.2H2O/c1-12-3-6-16(20(26)27-2)13(9-12)10-15(25)5-8-18-23-19(24-28-18)17-7-4-14(21)11-22-17;1-11-2-5-15(19(25)26)12(8-11)9-14(24)4-7-17-22-18(23-27-17)16-6-3-13(20)10-21-16;1-17-10(16)5-4-9-14-11(15-18-9)8-3-2-7(12)6-13-8;11-6-1-2-7(12-5-6)10-13-8(17-14-10)3-4-9(15)16;1-6-3-4-7(2)8(9)5-6;7-4-1-2-5(9-3-4)6(8)10-11;7-5-1-2-6(3-8)9-4-5;7-3-6-2-1-5(8)4-9-6;1-9-5(8)3-2-4(6)7;2-1-3;;2-1-3;1-2;;;;/h4,7,11-12H,3,5-6,8-10H2,1-2H3;3,6,10-11H,2,4-5,7-9H2,1H3,(H,25,26);2-3,6H,4-5H2,1H3;1-2,5H,3-4H2,(H,15,16);6H,3-5,9H2,1-2H3;1-3,11H,(H2,8,10);1-2,4H;1-2,4H,8H2;2-3H2,1H3;;;(H,2,3);2H,1H2;;;2*1H2/q;;;;;;;;;;+1;;;2*+1;;/p-3. The number of rotatable bonds is 26. The molecule has 0 amide bonds. The number of ether oxygens (including phenoxy) is 3. The Morgan fingerprint density at radius 2 is 0.813 bits per heavy atom. The Morgan fingerprint density at radius 3 is 1.11 bits per heavy atom. The number of nitrogens with zero attached hydrogens (tertiary/aromatic N) is 19. The number of amidine groups is 1. The number of anilines is 1. The van der Waals surface area contributed by atoms with Crippen molar-refractivity contribution in [1.29, 1.82) is 10.5 Å². The number of hydrogen-bond donors (Lipinski definition) is 8. The molecule has 0 saturated carbocycles. The summed E-state index contributed by atoms with van der Waals surface area (Å²) in [5.74, 6) is 1.37. The van der Waals surface area contributed by atoms with Gasteiger partial charge in [0.05, 0.1) is 89.7 Å². The number of nitrogens with two attached hydrogens (primary N) is 4. The van der Waals surface area contributed by atoms with Gasteiger partial charge >= 0.3 is 114 Å². The summed E-state index contributed by atoms with van der Waals surface area (Å²) in [6, 6.07) is 22.7. The number of carbonyl (C=O) groups excluding carboxylic acids is 8. The van der Waals surface area contributed by atoms with Gasteiger partial charge in [-0.3, -0.25) is 28.8 Å². The molecule has 786 valence electrons. The van der Waals surface area contributed by atoms with Crippen LogP contribution in [0, 0.1) is 85.4 Å². The molecule has 11 aromatic heterocycles. The Morgan fingerprint density at radius 1 is 0.487 bits per heavy atom. The number of carboxylic acid groups (broad SMARTS) is 2. The van der Waals surface area contributed by atoms with Crippen molar-refractivity contribution in [2.45, 2.75) is 163 Å². The van der Waals surface area contributed by atoms with Crippen molar-refractivity contribution in [3.63, 3.8) is 0 Å². The summed E-state index contributed by atoms with van der Waals surface area (Å²) in [6.45, 7) is 8.58. The van der Waals surface area contributed by atoms with E-state index in [1.54, 1.807) is 18.2 Å². The fourth-order valence-electron chi connectivity index (χ4n) is 12.0. The average molecular weight is 2130 g/mol. The second-order valence-electron chi connectivity index (χ2n) is 30.2. The number of aliphatic carboxylic acids is 2. The average Bonchev–Trinajstić information content (AvgIpc) is 1.33. The van der Waals surface area contributed by atoms with Crippen molar-refractivity contribution in [2.24, 2.45) is 45.6 Å². The number of methoxy groups -OCH3 is 3. The van der Waals surface area contributed by atoms with E-state index in [2.05, 4.69) is 124 Å². The van der Waals surface area contributed by atoms with Gasteiger partial charge in [0, 0.05) is 74.6 Å². The molecule has 0 saturated heterocycles. The fourth-order valence-corrected chi connectivity index (χ4v) is 12.1. The number of Topliss-reactive ketones (excluding diaryl/α,β-unsaturated/α-hetero) is 2. The predicted molar refractivity (Wildman–Crippen MR) is 497 cm³/mol. The Hall–Kier alpha value is -14.9. The number of carbonyl (C=O) groups is 8. The Balaban J connectivity index is -0.00000165. The minimum absolute atomic E-state index is 0. The SMILES string of the molecule is CC1=C(N)CC(C)CC1.CC1CCC(C(=O)O)=C(CC(=O)CCc2nc(-c3ccc(F)cn3)no2)C1.COC(=O)C1=C(CC(=O)CCc2nc(-c3ccc(F)cn3)no2)CC(C)CC1.COC(=O)CCC(=O)Cl.COC(=O)CCc1nc(-c2ccc(F)cn2)no1.N#Cc1ccc(F)cn1.N#Cc1ccc(N)cn1.N/C(=N\O)c1ccc(F)cn1.NO.O=C(O)CCc1nc(-c2ccc(F)cn2)no1.O=C=O.O=N[O-].[Li+].[Na+].[Na+].[OH-].[OH-]. The van der Waals surface area contributed by atoms with E-state index < -0.39 is 58.1 Å². The molecule has 11 aromatic rings. The van der Waals surface area contributed by atoms with Gasteiger partial charge in [-0.1, -0.05) is 63.3 Å². The van der Waals surface area contributed by atoms with Crippen LogP contribution >= 0.6 is 11.6 Å². The first-order valence-corrected chi connectivity index (χ1v) is 43.1. The third-order valence-corrected chi connectivity index (χ3v) is 19.5. The number of oxime groups is 1. The zero-order valence-corrected chi connectivity index (χ0v) is 87.4. The van der Waals surface area contributed by atoms with Crippen LogP contribution in [0.1, 0.15) is 177 Å². The summed E-state index contributed by atoms with van der Waals surface area (Å²) in [7, 11) is 3.93. The second-order valence-corrected chi connectivity index (χ2v) is 30.6. The molecule has 11 heterocycles. The summed E-state index contributed by atoms with van der Waals surface area (Å²) in [5.41, 5.74) is 24.4. The predicted octanol–water partition coefficient (Wildman–Crippen LogP) is 3.83. The smallest absolute Gasteiger partial charge is 0.870 e. The summed E-state index contributed by atoms with van der Waals surface area (Å²) < 4.78 is 109. The van der Waals surface area contributed by atoms with Crippen LogP contribution in [0.4, 0.5) is 32.0 Å². The molecule has 58 heteroatoms. The van der Waals surface area contributed by atoms with Gasteiger partial charge in [-0.15, -0.1) is 5.34 Å². The topological polar surface area (TPSA) is 802 Å². The second kappa shape index (κ2) is 78.4. The maximum Gasteiger partial charge on any atom is 1.00 e. The monoisotopic (exact) mass is 2130 g/mol. The van der Waals surface area contributed by atoms with E-state index in [-0.39, 0.29) is 235 Å². The fraction of sp³-hybridized carbons (Fsp3) is 0.337. The molecule has 0 bridgehead atoms. The zero-order valence-electron chi connectivity index (χ0n) is 82.6. The number of hydrogen-bond acceptors (Lipinski definition) is 45. The van der Waals surface area contributed by atoms with Gasteiger partial charge in [-0.05, 0) is 179 Å². The van der Waals surface area contributed by atoms with Crippen molar-refractivity contribution in [2.75, 3.05) is 27.1 Å². The van der Waals surface area contributed by atoms with Crippen LogP contribution in [0.15, 0.2) is 190 Å². The van der Waals surface area contributed by atoms with Gasteiger partial charge in [0.1, 0.15) is 98.5 Å². The molecule has 3 unspecified atom stereocenters. The van der Waals surface area contributed by atoms with E-state index in [0.29, 0.717) is 101 Å². The molecular weight excluding hydrogens is 2030 g/mol. The molecular formula is C92H101ClF6LiN23Na2O25. The van der Waals surface area contributed by atoms with E-state index in [4.69, 9.17) is 97.4 Å². The summed E-state index contributed by atoms with van der Waals surface area (Å²) in [6.07, 6.45) is 17.9. The zero-order chi connectivity index (χ0) is 108. The molecule has 0 radical (unpaired) electrons. The van der Waals surface area contributed by atoms with Crippen molar-refractivity contribution in [1.82, 2.24) is 75.5 Å². The molecule has 0 aliphatic heterocycles. The van der Waals surface area contributed by atoms with Crippen molar-refractivity contribution in [3.05, 3.63) is 248 Å². The van der Waals surface area contributed by atoms with Gasteiger partial charge < -0.3 is 91.2 Å². The molecule has 3 atom stereocenters. The number of carboxylic acids is 2. The van der Waals surface area contributed by atoms with E-state index in [0.717, 1.165) is 91.0 Å². The van der Waals surface area contributed by atoms with Crippen LogP contribution in [0.25, 0.3) is 46.1 Å². The van der Waals surface area contributed by atoms with Crippen LogP contribution in [0.5, 0.6) is 0 Å². The van der Waals surface area contributed by atoms with Crippen LogP contribution < -0.4 is 101 Å². The minimum Gasteiger partial charge on any atom is -0.870 e. The molecule has 0 spiro atoms. The quantitative estimate of drug-likeness (QED) is 0.00365. The third-order valence-electron chi connectivity index (χ3n) is 19.3. The van der Waals surface area contributed by atoms with E-state index in [1.165, 1.54) is 119 Å². The van der Waals surface area contributed by atoms with Crippen LogP contribution in [-0.2, 0) is 87.8 Å². The number of aryl methyl sites for hydroxylation is 4. The van der Waals surface area contributed by atoms with E-state index in [9.17, 15) is 69.8 Å². The van der Waals surface area contributed by atoms with Gasteiger partial charge in [-0.25, -0.2) is 76.7 Å². The van der Waals surface area contributed by atoms with Gasteiger partial charge in [0.15, 0.2) is 5.84 Å². The first-order valence-electron chi connectivity index (χ1n) is 42.8. The maximum atomic E-state index is 12.9. The molecule has 14 N–H and O–H groups in total. The van der Waals surface area contributed by atoms with Crippen LogP contribution in [0.3, 0.4) is 0 Å². The molecule has 3 aliphatic carbocycles. The number of allylic oxidation sites excluding steroid dienone is 4. The van der Waals surface area contributed by atoms with Crippen molar-refractivity contribution >= 4 is 75.9 Å². The first kappa shape index (κ1) is 139. The molecule has 48 nitrogen and oxygen atoms in total. The van der Waals surface area contributed by atoms with Crippen LogP contribution in [0.2, 0.25) is 0 Å². The van der Waals surface area contributed by atoms with Gasteiger partial charge in [-0.2, -0.15) is 40.0 Å². The number of aromatic nitrogens is 15. The third kappa shape index (κ3) is 56.3. The molecule has 0 aromatic carbocycles. The molecule has 3 aliphatic rings. The largest absolute Gasteiger partial charge is 1.00 e. The van der Waals surface area contributed by atoms with E-state index in [1.807, 2.05) is 6.07 Å². The van der Waals surface area contributed by atoms with Gasteiger partial charge in [0.25, 0.3) is 0 Å². The minimum atomic E-state index is -0.940. The summed E-state index contributed by atoms with van der Waals surface area (Å²) in [5, 5.41) is 75.1. The number of pyridine rings is 7. The Kier molecular flexibility index (Phi) is 72.8. The number of nitrogen functional groups attached to an aromatic ring is 1. The number of halogens is 7. The summed E-state index contributed by atoms with van der Waals surface area (Å²) in [4.78, 5) is 156.